The average Bonchev–Trinajstić information content (AvgIpc) is 3.10. The zero-order valence-corrected chi connectivity index (χ0v) is 15.2. The molecule has 5 nitrogen and oxygen atoms in total. The van der Waals surface area contributed by atoms with E-state index in [0.717, 1.165) is 27.6 Å². The molecule has 1 aromatic heterocycles. The van der Waals surface area contributed by atoms with Crippen molar-refractivity contribution in [3.8, 4) is 16.9 Å². The molecular weight excluding hydrogens is 357 g/mol. The van der Waals surface area contributed by atoms with Crippen LogP contribution in [0, 0.1) is 5.82 Å². The van der Waals surface area contributed by atoms with Gasteiger partial charge in [-0.15, -0.1) is 0 Å². The van der Waals surface area contributed by atoms with Crippen LogP contribution in [0.3, 0.4) is 0 Å². The molecule has 0 spiro atoms. The van der Waals surface area contributed by atoms with Gasteiger partial charge in [0.25, 0.3) is 0 Å². The Balaban J connectivity index is 1.52. The number of aromatic nitrogens is 2. The molecule has 28 heavy (non-hydrogen) atoms. The number of halogens is 1. The van der Waals surface area contributed by atoms with Crippen LogP contribution in [0.15, 0.2) is 66.7 Å². The number of hydrogen-bond donors (Lipinski definition) is 2. The molecule has 140 valence electrons. The fraction of sp³-hybridized carbons (Fsp3) is 0.0909. The minimum Gasteiger partial charge on any atom is -0.497 e. The van der Waals surface area contributed by atoms with E-state index in [2.05, 4.69) is 15.5 Å². The SMILES string of the molecule is COc1cccc(CC(=O)Nc2n[nH]c3cc(-c4ccc(F)cc4)ccc23)c1. The van der Waals surface area contributed by atoms with E-state index in [0.29, 0.717) is 11.6 Å². The third kappa shape index (κ3) is 3.71. The fourth-order valence-corrected chi connectivity index (χ4v) is 3.08. The number of methoxy groups -OCH3 is 1. The first-order valence-electron chi connectivity index (χ1n) is 8.79. The van der Waals surface area contributed by atoms with Crippen molar-refractivity contribution in [2.45, 2.75) is 6.42 Å². The maximum absolute atomic E-state index is 13.1. The van der Waals surface area contributed by atoms with Crippen LogP contribution in [-0.2, 0) is 11.2 Å². The van der Waals surface area contributed by atoms with E-state index in [1.165, 1.54) is 12.1 Å². The van der Waals surface area contributed by atoms with Gasteiger partial charge >= 0.3 is 0 Å². The number of aromatic amines is 1. The largest absolute Gasteiger partial charge is 0.497 e. The van der Waals surface area contributed by atoms with E-state index in [-0.39, 0.29) is 18.1 Å². The Bertz CT molecular complexity index is 1140. The highest BCUT2D eigenvalue weighted by atomic mass is 19.1. The smallest absolute Gasteiger partial charge is 0.230 e. The summed E-state index contributed by atoms with van der Waals surface area (Å²) in [5, 5.41) is 10.8. The number of carbonyl (C=O) groups excluding carboxylic acids is 1. The molecular formula is C22H18FN3O2. The van der Waals surface area contributed by atoms with Crippen molar-refractivity contribution in [2.24, 2.45) is 0 Å². The van der Waals surface area contributed by atoms with Gasteiger partial charge in [-0.05, 0) is 53.1 Å². The molecule has 0 fully saturated rings. The number of amides is 1. The Morgan fingerprint density at radius 1 is 1.07 bits per heavy atom. The van der Waals surface area contributed by atoms with Crippen molar-refractivity contribution in [3.05, 3.63) is 78.1 Å². The second-order valence-electron chi connectivity index (χ2n) is 6.42. The quantitative estimate of drug-likeness (QED) is 0.537. The number of carbonyl (C=O) groups is 1. The third-order valence-electron chi connectivity index (χ3n) is 4.50. The maximum Gasteiger partial charge on any atom is 0.230 e. The molecule has 0 aliphatic rings. The molecule has 1 heterocycles. The second kappa shape index (κ2) is 7.52. The van der Waals surface area contributed by atoms with Crippen molar-refractivity contribution < 1.29 is 13.9 Å². The lowest BCUT2D eigenvalue weighted by Crippen LogP contribution is -2.14. The highest BCUT2D eigenvalue weighted by Crippen LogP contribution is 2.27. The summed E-state index contributed by atoms with van der Waals surface area (Å²) in [6, 6.07) is 19.4. The summed E-state index contributed by atoms with van der Waals surface area (Å²) < 4.78 is 18.3. The summed E-state index contributed by atoms with van der Waals surface area (Å²) in [6.07, 6.45) is 0.221. The molecule has 0 saturated carbocycles. The summed E-state index contributed by atoms with van der Waals surface area (Å²) in [7, 11) is 1.59. The number of nitrogens with zero attached hydrogens (tertiary/aromatic N) is 1. The molecule has 1 amide bonds. The average molecular weight is 375 g/mol. The van der Waals surface area contributed by atoms with Gasteiger partial charge < -0.3 is 10.1 Å². The number of rotatable bonds is 5. The Morgan fingerprint density at radius 2 is 1.86 bits per heavy atom. The molecule has 0 aliphatic carbocycles. The minimum atomic E-state index is -0.271. The highest BCUT2D eigenvalue weighted by molar-refractivity contribution is 6.01. The zero-order valence-electron chi connectivity index (χ0n) is 15.2. The van der Waals surface area contributed by atoms with Crippen molar-refractivity contribution in [1.29, 1.82) is 0 Å². The molecule has 4 rings (SSSR count). The van der Waals surface area contributed by atoms with Gasteiger partial charge in [0.1, 0.15) is 11.6 Å². The molecule has 3 aromatic carbocycles. The standard InChI is InChI=1S/C22H18FN3O2/c1-28-18-4-2-3-14(11-18)12-21(27)24-22-19-10-7-16(13-20(19)25-26-22)15-5-8-17(23)9-6-15/h2-11,13H,12H2,1H3,(H2,24,25,26,27). The molecule has 0 aliphatic heterocycles. The number of ether oxygens (including phenoxy) is 1. The molecule has 0 unspecified atom stereocenters. The van der Waals surface area contributed by atoms with Gasteiger partial charge in [-0.1, -0.05) is 30.3 Å². The number of benzene rings is 3. The van der Waals surface area contributed by atoms with Gasteiger partial charge in [0.05, 0.1) is 19.0 Å². The third-order valence-corrected chi connectivity index (χ3v) is 4.50. The van der Waals surface area contributed by atoms with Crippen LogP contribution in [0.1, 0.15) is 5.56 Å². The predicted molar refractivity (Wildman–Crippen MR) is 107 cm³/mol. The lowest BCUT2D eigenvalue weighted by molar-refractivity contribution is -0.115. The van der Waals surface area contributed by atoms with Gasteiger partial charge in [-0.2, -0.15) is 5.10 Å². The molecule has 4 aromatic rings. The molecule has 0 radical (unpaired) electrons. The molecule has 0 saturated heterocycles. The summed E-state index contributed by atoms with van der Waals surface area (Å²) in [5.74, 6) is 0.758. The van der Waals surface area contributed by atoms with E-state index in [4.69, 9.17) is 4.74 Å². The normalized spacial score (nSPS) is 10.8. The lowest BCUT2D eigenvalue weighted by atomic mass is 10.0. The van der Waals surface area contributed by atoms with Crippen LogP contribution in [0.4, 0.5) is 10.2 Å². The number of anilines is 1. The van der Waals surface area contributed by atoms with Crippen LogP contribution >= 0.6 is 0 Å². The topological polar surface area (TPSA) is 67.0 Å². The first kappa shape index (κ1) is 17.7. The maximum atomic E-state index is 13.1. The van der Waals surface area contributed by atoms with Gasteiger partial charge in [0, 0.05) is 5.39 Å². The number of hydrogen-bond acceptors (Lipinski definition) is 3. The van der Waals surface area contributed by atoms with Gasteiger partial charge in [0.15, 0.2) is 5.82 Å². The lowest BCUT2D eigenvalue weighted by Gasteiger charge is -2.05. The monoisotopic (exact) mass is 375 g/mol. The summed E-state index contributed by atoms with van der Waals surface area (Å²) in [6.45, 7) is 0. The summed E-state index contributed by atoms with van der Waals surface area (Å²) in [5.41, 5.74) is 3.49. The van der Waals surface area contributed by atoms with Crippen molar-refractivity contribution in [2.75, 3.05) is 12.4 Å². The Hall–Kier alpha value is -3.67. The number of nitrogens with one attached hydrogen (secondary N) is 2. The van der Waals surface area contributed by atoms with Gasteiger partial charge in [-0.25, -0.2) is 4.39 Å². The first-order chi connectivity index (χ1) is 13.6. The minimum absolute atomic E-state index is 0.163. The van der Waals surface area contributed by atoms with E-state index < -0.39 is 0 Å². The van der Waals surface area contributed by atoms with Crippen LogP contribution < -0.4 is 10.1 Å². The van der Waals surface area contributed by atoms with Gasteiger partial charge in [0.2, 0.25) is 5.91 Å². The van der Waals surface area contributed by atoms with Crippen LogP contribution in [0.5, 0.6) is 5.75 Å². The molecule has 0 atom stereocenters. The zero-order chi connectivity index (χ0) is 19.5. The summed E-state index contributed by atoms with van der Waals surface area (Å²) >= 11 is 0. The Kier molecular flexibility index (Phi) is 4.76. The van der Waals surface area contributed by atoms with E-state index >= 15 is 0 Å². The van der Waals surface area contributed by atoms with Gasteiger partial charge in [-0.3, -0.25) is 9.89 Å². The summed E-state index contributed by atoms with van der Waals surface area (Å²) in [4.78, 5) is 12.4. The first-order valence-corrected chi connectivity index (χ1v) is 8.79. The van der Waals surface area contributed by atoms with Crippen molar-refractivity contribution in [3.63, 3.8) is 0 Å². The van der Waals surface area contributed by atoms with Crippen LogP contribution in [-0.4, -0.2) is 23.2 Å². The van der Waals surface area contributed by atoms with Crippen LogP contribution in [0.25, 0.3) is 22.0 Å². The van der Waals surface area contributed by atoms with Crippen LogP contribution in [0.2, 0.25) is 0 Å². The van der Waals surface area contributed by atoms with Crippen molar-refractivity contribution >= 4 is 22.6 Å². The second-order valence-corrected chi connectivity index (χ2v) is 6.42. The molecule has 6 heteroatoms. The van der Waals surface area contributed by atoms with Crippen molar-refractivity contribution in [1.82, 2.24) is 10.2 Å². The highest BCUT2D eigenvalue weighted by Gasteiger charge is 2.11. The molecule has 2 N–H and O–H groups in total. The van der Waals surface area contributed by atoms with E-state index in [9.17, 15) is 9.18 Å². The Labute approximate surface area is 161 Å². The molecule has 0 bridgehead atoms. The van der Waals surface area contributed by atoms with E-state index in [1.54, 1.807) is 19.2 Å². The van der Waals surface area contributed by atoms with E-state index in [1.807, 2.05) is 42.5 Å². The fourth-order valence-electron chi connectivity index (χ4n) is 3.08. The number of fused-ring (bicyclic) bond motifs is 1. The number of H-pyrrole nitrogens is 1. The Morgan fingerprint density at radius 3 is 2.64 bits per heavy atom. The predicted octanol–water partition coefficient (Wildman–Crippen LogP) is 4.56.